The van der Waals surface area contributed by atoms with Gasteiger partial charge in [0.15, 0.2) is 5.69 Å². The maximum atomic E-state index is 13.3. The number of carbonyl (C=O) groups excluding carboxylic acids is 2. The zero-order valence-corrected chi connectivity index (χ0v) is 19.5. The predicted molar refractivity (Wildman–Crippen MR) is 127 cm³/mol. The van der Waals surface area contributed by atoms with Gasteiger partial charge in [0.25, 0.3) is 11.5 Å². The van der Waals surface area contributed by atoms with Gasteiger partial charge in [-0.25, -0.2) is 9.78 Å². The van der Waals surface area contributed by atoms with Gasteiger partial charge in [-0.3, -0.25) is 4.79 Å². The fourth-order valence-electron chi connectivity index (χ4n) is 3.39. The summed E-state index contributed by atoms with van der Waals surface area (Å²) in [6.07, 6.45) is 0. The maximum absolute atomic E-state index is 13.3. The van der Waals surface area contributed by atoms with Crippen LogP contribution in [-0.2, 0) is 11.3 Å². The molecule has 0 saturated carbocycles. The normalized spacial score (nSPS) is 10.8. The van der Waals surface area contributed by atoms with Gasteiger partial charge >= 0.3 is 5.97 Å². The van der Waals surface area contributed by atoms with Crippen LogP contribution in [0.4, 0.5) is 0 Å². The van der Waals surface area contributed by atoms with E-state index >= 15 is 0 Å². The number of hydrogen-bond acceptors (Lipinski definition) is 6. The van der Waals surface area contributed by atoms with Crippen molar-refractivity contribution in [2.75, 3.05) is 6.61 Å². The fraction of sp³-hybridized carbons (Fsp3) is 0.120. The van der Waals surface area contributed by atoms with Crippen molar-refractivity contribution in [3.63, 3.8) is 0 Å². The molecule has 0 atom stereocenters. The van der Waals surface area contributed by atoms with Gasteiger partial charge in [0, 0.05) is 11.6 Å². The largest absolute Gasteiger partial charge is 0.618 e. The number of carbonyl (C=O) groups is 2. The highest BCUT2D eigenvalue weighted by molar-refractivity contribution is 6.42. The Morgan fingerprint density at radius 1 is 1.00 bits per heavy atom. The number of rotatable bonds is 7. The molecule has 0 aliphatic carbocycles. The van der Waals surface area contributed by atoms with Gasteiger partial charge in [-0.15, -0.1) is 0 Å². The van der Waals surface area contributed by atoms with Gasteiger partial charge in [-0.05, 0) is 25.1 Å². The quantitative estimate of drug-likeness (QED) is 0.152. The number of fused-ring (bicyclic) bond motifs is 1. The van der Waals surface area contributed by atoms with Crippen molar-refractivity contribution in [1.82, 2.24) is 4.98 Å². The summed E-state index contributed by atoms with van der Waals surface area (Å²) < 4.78 is 11.4. The van der Waals surface area contributed by atoms with E-state index in [-0.39, 0.29) is 43.6 Å². The molecule has 0 spiro atoms. The Labute approximate surface area is 205 Å². The number of halogens is 2. The summed E-state index contributed by atoms with van der Waals surface area (Å²) in [5, 5.41) is 13.6. The smallest absolute Gasteiger partial charge is 0.342 e. The van der Waals surface area contributed by atoms with Gasteiger partial charge in [-0.1, -0.05) is 65.7 Å². The maximum Gasteiger partial charge on any atom is 0.342 e. The second-order valence-corrected chi connectivity index (χ2v) is 7.97. The van der Waals surface area contributed by atoms with Crippen LogP contribution in [0.1, 0.15) is 39.0 Å². The minimum Gasteiger partial charge on any atom is -0.618 e. The van der Waals surface area contributed by atoms with Crippen LogP contribution in [0.15, 0.2) is 66.7 Å². The molecule has 0 fully saturated rings. The Bertz CT molecular complexity index is 1390. The first-order valence-electron chi connectivity index (χ1n) is 10.3. The highest BCUT2D eigenvalue weighted by Gasteiger charge is 2.29. The lowest BCUT2D eigenvalue weighted by atomic mass is 10.1. The van der Waals surface area contributed by atoms with Crippen LogP contribution >= 0.6 is 23.2 Å². The van der Waals surface area contributed by atoms with Crippen molar-refractivity contribution in [3.8, 4) is 5.75 Å². The van der Waals surface area contributed by atoms with Crippen LogP contribution in [0.25, 0.3) is 11.0 Å². The highest BCUT2D eigenvalue weighted by atomic mass is 35.5. The Hall–Kier alpha value is -3.68. The zero-order chi connectivity index (χ0) is 24.2. The molecule has 0 bridgehead atoms. The number of para-hydroxylation sites is 1. The Morgan fingerprint density at radius 2 is 1.68 bits per heavy atom. The third-order valence-corrected chi connectivity index (χ3v) is 5.69. The number of esters is 1. The average Bonchev–Trinajstić information content (AvgIpc) is 2.84. The standard InChI is InChI=1S/C25H18Cl2N2O5/c1-2-33-22-11-7-6-10-16(22)25(31)34-14-20-23(24(30)15-8-4-3-5-9-15)29(32)21-13-18(27)17(26)12-19(21)28-20/h3-13H,2,14H2,1H3. The molecular weight excluding hydrogens is 479 g/mol. The molecule has 0 aliphatic rings. The SMILES string of the molecule is CCOc1ccccc1C(=O)OCc1nc2cc(Cl)c(Cl)cc2[n+]([O-])c1C(=O)c1ccccc1. The van der Waals surface area contributed by atoms with Gasteiger partial charge in [0.1, 0.15) is 23.4 Å². The fourth-order valence-corrected chi connectivity index (χ4v) is 3.71. The van der Waals surface area contributed by atoms with E-state index in [1.165, 1.54) is 12.1 Å². The summed E-state index contributed by atoms with van der Waals surface area (Å²) in [6, 6.07) is 17.6. The van der Waals surface area contributed by atoms with Crippen LogP contribution in [0, 0.1) is 5.21 Å². The van der Waals surface area contributed by atoms with Crippen LogP contribution in [0.5, 0.6) is 5.75 Å². The van der Waals surface area contributed by atoms with E-state index in [2.05, 4.69) is 4.98 Å². The van der Waals surface area contributed by atoms with Gasteiger partial charge in [-0.2, -0.15) is 4.73 Å². The van der Waals surface area contributed by atoms with Crippen molar-refractivity contribution >= 4 is 46.0 Å². The van der Waals surface area contributed by atoms with E-state index in [1.54, 1.807) is 61.5 Å². The summed E-state index contributed by atoms with van der Waals surface area (Å²) in [5.74, 6) is -0.894. The van der Waals surface area contributed by atoms with Gasteiger partial charge in [0.2, 0.25) is 5.52 Å². The van der Waals surface area contributed by atoms with E-state index < -0.39 is 18.4 Å². The molecule has 4 rings (SSSR count). The van der Waals surface area contributed by atoms with Crippen molar-refractivity contribution in [2.45, 2.75) is 13.5 Å². The first-order valence-corrected chi connectivity index (χ1v) is 11.1. The Kier molecular flexibility index (Phi) is 6.95. The van der Waals surface area contributed by atoms with Crippen molar-refractivity contribution in [3.05, 3.63) is 104 Å². The average molecular weight is 497 g/mol. The Balaban J connectivity index is 1.77. The topological polar surface area (TPSA) is 92.4 Å². The summed E-state index contributed by atoms with van der Waals surface area (Å²) in [6.45, 7) is 1.74. The lowest BCUT2D eigenvalue weighted by Crippen LogP contribution is -2.38. The molecule has 34 heavy (non-hydrogen) atoms. The molecule has 0 aliphatic heterocycles. The predicted octanol–water partition coefficient (Wildman–Crippen LogP) is 5.16. The molecule has 172 valence electrons. The molecule has 1 aromatic heterocycles. The van der Waals surface area contributed by atoms with E-state index in [0.29, 0.717) is 17.1 Å². The van der Waals surface area contributed by atoms with Crippen LogP contribution in [0.2, 0.25) is 10.0 Å². The highest BCUT2D eigenvalue weighted by Crippen LogP contribution is 2.27. The van der Waals surface area contributed by atoms with Gasteiger partial charge in [0.05, 0.1) is 16.7 Å². The summed E-state index contributed by atoms with van der Waals surface area (Å²) in [5.41, 5.74) is 0.466. The molecule has 0 N–H and O–H groups in total. The number of hydrogen-bond donors (Lipinski definition) is 0. The molecule has 1 heterocycles. The van der Waals surface area contributed by atoms with Crippen molar-refractivity contribution in [1.29, 1.82) is 0 Å². The van der Waals surface area contributed by atoms with E-state index in [9.17, 15) is 14.8 Å². The van der Waals surface area contributed by atoms with Gasteiger partial charge < -0.3 is 14.7 Å². The molecule has 0 amide bonds. The number of aromatic nitrogens is 2. The monoisotopic (exact) mass is 496 g/mol. The van der Waals surface area contributed by atoms with E-state index in [0.717, 1.165) is 0 Å². The van der Waals surface area contributed by atoms with Crippen LogP contribution in [0.3, 0.4) is 0 Å². The molecule has 3 aromatic carbocycles. The second kappa shape index (κ2) is 10.1. The summed E-state index contributed by atoms with van der Waals surface area (Å²) in [4.78, 5) is 30.4. The first-order chi connectivity index (χ1) is 16.4. The summed E-state index contributed by atoms with van der Waals surface area (Å²) >= 11 is 12.2. The first kappa shape index (κ1) is 23.5. The van der Waals surface area contributed by atoms with Crippen LogP contribution in [-0.4, -0.2) is 23.3 Å². The molecule has 0 unspecified atom stereocenters. The minimum absolute atomic E-state index is 0.0167. The third-order valence-electron chi connectivity index (χ3n) is 4.97. The van der Waals surface area contributed by atoms with E-state index in [4.69, 9.17) is 32.7 Å². The molecule has 7 nitrogen and oxygen atoms in total. The number of benzene rings is 3. The van der Waals surface area contributed by atoms with Crippen molar-refractivity contribution < 1.29 is 23.8 Å². The molecule has 9 heteroatoms. The third kappa shape index (κ3) is 4.66. The Morgan fingerprint density at radius 3 is 2.41 bits per heavy atom. The molecule has 0 saturated heterocycles. The number of ether oxygens (including phenoxy) is 2. The molecular formula is C25H18Cl2N2O5. The summed E-state index contributed by atoms with van der Waals surface area (Å²) in [7, 11) is 0. The van der Waals surface area contributed by atoms with E-state index in [1.807, 2.05) is 0 Å². The van der Waals surface area contributed by atoms with Crippen molar-refractivity contribution in [2.24, 2.45) is 0 Å². The molecule has 0 radical (unpaired) electrons. The lowest BCUT2D eigenvalue weighted by molar-refractivity contribution is -0.580. The zero-order valence-electron chi connectivity index (χ0n) is 18.0. The number of nitrogens with zero attached hydrogens (tertiary/aromatic N) is 2. The number of ketones is 1. The minimum atomic E-state index is -0.685. The van der Waals surface area contributed by atoms with Crippen LogP contribution < -0.4 is 9.47 Å². The lowest BCUT2D eigenvalue weighted by Gasteiger charge is -2.13. The molecule has 4 aromatic rings. The second-order valence-electron chi connectivity index (χ2n) is 7.16.